The maximum absolute atomic E-state index is 12.9. The molecule has 0 bridgehead atoms. The summed E-state index contributed by atoms with van der Waals surface area (Å²) in [7, 11) is 0. The van der Waals surface area contributed by atoms with E-state index in [4.69, 9.17) is 0 Å². The van der Waals surface area contributed by atoms with E-state index in [0.717, 1.165) is 206 Å². The van der Waals surface area contributed by atoms with Crippen molar-refractivity contribution in [1.29, 1.82) is 0 Å². The fourth-order valence-corrected chi connectivity index (χ4v) is 16.5. The summed E-state index contributed by atoms with van der Waals surface area (Å²) in [5, 5.41) is 95.0. The van der Waals surface area contributed by atoms with Crippen LogP contribution < -0.4 is 0 Å². The Morgan fingerprint density at radius 3 is 0.933 bits per heavy atom. The molecule has 3 aliphatic carbocycles. The number of phenols is 8. The van der Waals surface area contributed by atoms with Gasteiger partial charge in [0.15, 0.2) is 0 Å². The van der Waals surface area contributed by atoms with Gasteiger partial charge in [-0.3, -0.25) is 0 Å². The number of hydrogen-bond donors (Lipinski definition) is 8. The minimum Gasteiger partial charge on any atom is -0.508 e. The van der Waals surface area contributed by atoms with Crippen molar-refractivity contribution in [3.63, 3.8) is 0 Å². The Kier molecular flexibility index (Phi) is 18.0. The fraction of sp³-hybridized carbons (Fsp3) is 0.415. The van der Waals surface area contributed by atoms with Crippen molar-refractivity contribution in [1.82, 2.24) is 0 Å². The molecule has 3 saturated carbocycles. The first kappa shape index (κ1) is 63.7. The number of phenolic OH excluding ortho intramolecular Hbond substituents is 8. The second kappa shape index (κ2) is 25.4. The molecule has 3 fully saturated rings. The lowest BCUT2D eigenvalue weighted by Gasteiger charge is -2.41. The van der Waals surface area contributed by atoms with E-state index in [9.17, 15) is 40.9 Å². The van der Waals surface area contributed by atoms with Gasteiger partial charge in [-0.25, -0.2) is 0 Å². The molecule has 0 unspecified atom stereocenters. The Balaban J connectivity index is 1.07. The van der Waals surface area contributed by atoms with E-state index in [2.05, 4.69) is 36.4 Å². The molecule has 8 heteroatoms. The van der Waals surface area contributed by atoms with Crippen LogP contribution in [-0.4, -0.2) is 40.9 Å². The first-order valence-electron chi connectivity index (χ1n) is 33.4. The average molecular weight is 1210 g/mol. The molecular formula is C82H96O8. The molecule has 0 aliphatic heterocycles. The van der Waals surface area contributed by atoms with Crippen molar-refractivity contribution in [2.24, 2.45) is 0 Å². The molecule has 0 spiro atoms. The Morgan fingerprint density at radius 1 is 0.322 bits per heavy atom. The summed E-state index contributed by atoms with van der Waals surface area (Å²) in [6.07, 6.45) is 16.7. The van der Waals surface area contributed by atoms with Crippen LogP contribution in [0.2, 0.25) is 0 Å². The molecule has 8 aromatic carbocycles. The lowest BCUT2D eigenvalue weighted by atomic mass is 9.63. The van der Waals surface area contributed by atoms with Gasteiger partial charge in [0.1, 0.15) is 46.0 Å². The third kappa shape index (κ3) is 11.6. The largest absolute Gasteiger partial charge is 0.508 e. The molecule has 90 heavy (non-hydrogen) atoms. The van der Waals surface area contributed by atoms with Crippen molar-refractivity contribution in [2.75, 3.05) is 0 Å². The molecule has 8 N–H and O–H groups in total. The molecule has 8 aromatic rings. The molecule has 0 aromatic heterocycles. The Labute approximate surface area is 535 Å². The topological polar surface area (TPSA) is 162 Å². The number of aromatic hydroxyl groups is 8. The van der Waals surface area contributed by atoms with Gasteiger partial charge in [0.05, 0.1) is 0 Å². The van der Waals surface area contributed by atoms with E-state index >= 15 is 0 Å². The SMILES string of the molecule is Cc1cc(C(c2cc(Cc3cc(C4(c5cc(Cc6ccc(O)c(C(c7cc(C)c(O)c(C)c7C)c7cc(C)c(O)c(C)c7C)c6)c(O)c(C6CCCCC6)c5)CCCCC4)cc(C4CCCCC4)c3O)ccc2O)c2cc(C)c(O)c(C)c2C)c(C)c(C)c1O. The van der Waals surface area contributed by atoms with Crippen molar-refractivity contribution < 1.29 is 40.9 Å². The van der Waals surface area contributed by atoms with Gasteiger partial charge in [-0.1, -0.05) is 131 Å². The Morgan fingerprint density at radius 2 is 0.622 bits per heavy atom. The van der Waals surface area contributed by atoms with Crippen LogP contribution in [0.1, 0.15) is 265 Å². The van der Waals surface area contributed by atoms with Crippen LogP contribution in [0, 0.1) is 83.1 Å². The summed E-state index contributed by atoms with van der Waals surface area (Å²) >= 11 is 0. The van der Waals surface area contributed by atoms with Crippen molar-refractivity contribution >= 4 is 0 Å². The van der Waals surface area contributed by atoms with E-state index < -0.39 is 17.3 Å². The average Bonchev–Trinajstić information content (AvgIpc) is 0.776. The quantitative estimate of drug-likeness (QED) is 0.0499. The van der Waals surface area contributed by atoms with Gasteiger partial charge in [0.2, 0.25) is 0 Å². The summed E-state index contributed by atoms with van der Waals surface area (Å²) in [6, 6.07) is 29.3. The van der Waals surface area contributed by atoms with Crippen molar-refractivity contribution in [3.8, 4) is 46.0 Å². The molecule has 0 heterocycles. The standard InChI is InChI=1S/C82H96O8/c1-44-32-64(48(5)52(9)76(44)85)74(65-33-45(2)77(86)53(10)49(65)6)70-38-56(26-28-72(70)83)36-60-40-62(42-68(80(60)89)58-22-16-13-17-23-58)82(30-20-15-21-31-82)63-41-61(81(90)69(43-63)59-24-18-14-19-25-59)37-57-27-29-73(84)71(39-57)75(66-34-46(3)78(87)54(11)50(66)7)67-35-47(4)79(88)55(12)51(67)8/h26-29,32-35,38-43,58-59,74-75,83-90H,13-25,30-31,36-37H2,1-12H3. The summed E-state index contributed by atoms with van der Waals surface area (Å²) < 4.78 is 0. The molecule has 8 nitrogen and oxygen atoms in total. The number of benzene rings is 8. The maximum atomic E-state index is 12.9. The smallest absolute Gasteiger partial charge is 0.122 e. The lowest BCUT2D eigenvalue weighted by molar-refractivity contribution is 0.341. The van der Waals surface area contributed by atoms with Crippen LogP contribution in [0.15, 0.2) is 84.9 Å². The molecule has 0 amide bonds. The molecule has 11 rings (SSSR count). The zero-order valence-corrected chi connectivity index (χ0v) is 55.5. The van der Waals surface area contributed by atoms with Gasteiger partial charge in [0, 0.05) is 41.2 Å². The van der Waals surface area contributed by atoms with Gasteiger partial charge in [-0.2, -0.15) is 0 Å². The van der Waals surface area contributed by atoms with Gasteiger partial charge in [0.25, 0.3) is 0 Å². The minimum absolute atomic E-state index is 0.145. The van der Waals surface area contributed by atoms with E-state index in [1.165, 1.54) is 24.0 Å². The lowest BCUT2D eigenvalue weighted by Crippen LogP contribution is -2.31. The first-order chi connectivity index (χ1) is 42.9. The highest BCUT2D eigenvalue weighted by molar-refractivity contribution is 5.65. The fourth-order valence-electron chi connectivity index (χ4n) is 16.5. The summed E-state index contributed by atoms with van der Waals surface area (Å²) in [6.45, 7) is 23.5. The molecule has 472 valence electrons. The minimum atomic E-state index is -0.449. The van der Waals surface area contributed by atoms with Gasteiger partial charge in [-0.15, -0.1) is 0 Å². The highest BCUT2D eigenvalue weighted by Crippen LogP contribution is 2.53. The Hall–Kier alpha value is -7.84. The number of aryl methyl sites for hydroxylation is 4. The third-order valence-electron chi connectivity index (χ3n) is 22.6. The van der Waals surface area contributed by atoms with Crippen LogP contribution in [0.25, 0.3) is 0 Å². The summed E-state index contributed by atoms with van der Waals surface area (Å²) in [4.78, 5) is 0. The van der Waals surface area contributed by atoms with Crippen molar-refractivity contribution in [2.45, 2.75) is 221 Å². The van der Waals surface area contributed by atoms with Crippen LogP contribution in [0.3, 0.4) is 0 Å². The third-order valence-corrected chi connectivity index (χ3v) is 22.6. The summed E-state index contributed by atoms with van der Waals surface area (Å²) in [5.74, 6) is 1.51. The predicted molar refractivity (Wildman–Crippen MR) is 365 cm³/mol. The zero-order valence-electron chi connectivity index (χ0n) is 55.5. The van der Waals surface area contributed by atoms with Crippen LogP contribution in [-0.2, 0) is 18.3 Å². The Bertz CT molecular complexity index is 3700. The van der Waals surface area contributed by atoms with E-state index in [-0.39, 0.29) is 46.3 Å². The van der Waals surface area contributed by atoms with Crippen LogP contribution >= 0.6 is 0 Å². The van der Waals surface area contributed by atoms with Gasteiger partial charge < -0.3 is 40.9 Å². The van der Waals surface area contributed by atoms with Gasteiger partial charge >= 0.3 is 0 Å². The molecule has 0 atom stereocenters. The monoisotopic (exact) mass is 1210 g/mol. The normalized spacial score (nSPS) is 15.8. The van der Waals surface area contributed by atoms with Crippen LogP contribution in [0.4, 0.5) is 0 Å². The maximum Gasteiger partial charge on any atom is 0.122 e. The highest BCUT2D eigenvalue weighted by atomic mass is 16.3. The molecular weight excluding hydrogens is 1110 g/mol. The second-order valence-electron chi connectivity index (χ2n) is 28.0. The first-order valence-corrected chi connectivity index (χ1v) is 33.4. The van der Waals surface area contributed by atoms with Gasteiger partial charge in [-0.05, 0) is 279 Å². The van der Waals surface area contributed by atoms with Crippen molar-refractivity contribution in [3.05, 3.63) is 230 Å². The molecule has 0 radical (unpaired) electrons. The number of hydrogen-bond acceptors (Lipinski definition) is 8. The second-order valence-corrected chi connectivity index (χ2v) is 28.0. The zero-order chi connectivity index (χ0) is 64.4. The van der Waals surface area contributed by atoms with E-state index in [1.807, 2.05) is 119 Å². The number of rotatable bonds is 14. The summed E-state index contributed by atoms with van der Waals surface area (Å²) in [5.41, 5.74) is 22.7. The highest BCUT2D eigenvalue weighted by Gasteiger charge is 2.40. The molecule has 3 aliphatic rings. The molecule has 0 saturated heterocycles. The van der Waals surface area contributed by atoms with E-state index in [0.29, 0.717) is 35.5 Å². The predicted octanol–water partition coefficient (Wildman–Crippen LogP) is 19.9. The van der Waals surface area contributed by atoms with E-state index in [1.54, 1.807) is 12.1 Å². The van der Waals surface area contributed by atoms with Crippen LogP contribution in [0.5, 0.6) is 46.0 Å².